The number of rotatable bonds is 6. The van der Waals surface area contributed by atoms with Crippen molar-refractivity contribution in [2.75, 3.05) is 14.1 Å². The van der Waals surface area contributed by atoms with Gasteiger partial charge in [-0.2, -0.15) is 0 Å². The summed E-state index contributed by atoms with van der Waals surface area (Å²) in [6, 6.07) is 3.55. The summed E-state index contributed by atoms with van der Waals surface area (Å²) >= 11 is 0. The molecule has 0 aliphatic carbocycles. The lowest BCUT2D eigenvalue weighted by molar-refractivity contribution is -0.129. The SMILES string of the molecule is C[C@@H](Cc1ccco1)NC(=O)c1cn(CC(=O)N(C)C)nn1. The van der Waals surface area contributed by atoms with Gasteiger partial charge in [-0.25, -0.2) is 4.68 Å². The van der Waals surface area contributed by atoms with Gasteiger partial charge in [0, 0.05) is 26.6 Å². The summed E-state index contributed by atoms with van der Waals surface area (Å²) in [6.07, 6.45) is 3.64. The van der Waals surface area contributed by atoms with Crippen LogP contribution in [-0.2, 0) is 17.8 Å². The molecule has 0 saturated heterocycles. The molecule has 1 atom stereocenters. The second-order valence-corrected chi connectivity index (χ2v) is 5.25. The average Bonchev–Trinajstić information content (AvgIpc) is 3.09. The van der Waals surface area contributed by atoms with Gasteiger partial charge in [0.25, 0.3) is 5.91 Å². The largest absolute Gasteiger partial charge is 0.469 e. The third kappa shape index (κ3) is 4.18. The summed E-state index contributed by atoms with van der Waals surface area (Å²) < 4.78 is 6.58. The Labute approximate surface area is 128 Å². The third-order valence-electron chi connectivity index (χ3n) is 3.03. The van der Waals surface area contributed by atoms with E-state index < -0.39 is 0 Å². The van der Waals surface area contributed by atoms with E-state index >= 15 is 0 Å². The van der Waals surface area contributed by atoms with Gasteiger partial charge < -0.3 is 14.6 Å². The van der Waals surface area contributed by atoms with E-state index in [2.05, 4.69) is 15.6 Å². The molecular formula is C14H19N5O3. The summed E-state index contributed by atoms with van der Waals surface area (Å²) in [5.74, 6) is 0.346. The van der Waals surface area contributed by atoms with Gasteiger partial charge in [0.15, 0.2) is 5.69 Å². The van der Waals surface area contributed by atoms with E-state index in [0.29, 0.717) is 6.42 Å². The van der Waals surface area contributed by atoms with E-state index in [1.807, 2.05) is 13.0 Å². The lowest BCUT2D eigenvalue weighted by atomic mass is 10.2. The Balaban J connectivity index is 1.90. The fourth-order valence-electron chi connectivity index (χ4n) is 1.84. The van der Waals surface area contributed by atoms with E-state index in [4.69, 9.17) is 4.42 Å². The number of nitrogens with one attached hydrogen (secondary N) is 1. The Hall–Kier alpha value is -2.64. The molecule has 8 nitrogen and oxygen atoms in total. The van der Waals surface area contributed by atoms with Crippen molar-refractivity contribution in [1.82, 2.24) is 25.2 Å². The molecule has 0 radical (unpaired) electrons. The Morgan fingerprint density at radius 3 is 2.86 bits per heavy atom. The topological polar surface area (TPSA) is 93.3 Å². The van der Waals surface area contributed by atoms with Crippen molar-refractivity contribution in [1.29, 1.82) is 0 Å². The summed E-state index contributed by atoms with van der Waals surface area (Å²) in [7, 11) is 3.31. The number of nitrogens with zero attached hydrogens (tertiary/aromatic N) is 4. The first-order chi connectivity index (χ1) is 10.5. The van der Waals surface area contributed by atoms with E-state index in [1.165, 1.54) is 15.8 Å². The Morgan fingerprint density at radius 2 is 2.23 bits per heavy atom. The van der Waals surface area contributed by atoms with Crippen molar-refractivity contribution >= 4 is 11.8 Å². The number of hydrogen-bond acceptors (Lipinski definition) is 5. The van der Waals surface area contributed by atoms with Gasteiger partial charge in [-0.3, -0.25) is 9.59 Å². The summed E-state index contributed by atoms with van der Waals surface area (Å²) in [5, 5.41) is 10.4. The van der Waals surface area contributed by atoms with Crippen molar-refractivity contribution in [2.45, 2.75) is 25.9 Å². The van der Waals surface area contributed by atoms with Crippen LogP contribution in [0.25, 0.3) is 0 Å². The first-order valence-electron chi connectivity index (χ1n) is 6.89. The first-order valence-corrected chi connectivity index (χ1v) is 6.89. The molecule has 2 heterocycles. The van der Waals surface area contributed by atoms with Crippen molar-refractivity contribution in [3.63, 3.8) is 0 Å². The van der Waals surface area contributed by atoms with Crippen LogP contribution >= 0.6 is 0 Å². The Kier molecular flexibility index (Phi) is 4.92. The molecule has 0 saturated carbocycles. The molecule has 2 aromatic rings. The van der Waals surface area contributed by atoms with Crippen LogP contribution in [0.3, 0.4) is 0 Å². The smallest absolute Gasteiger partial charge is 0.273 e. The second kappa shape index (κ2) is 6.88. The van der Waals surface area contributed by atoms with Crippen LogP contribution in [0.5, 0.6) is 0 Å². The highest BCUT2D eigenvalue weighted by molar-refractivity contribution is 5.92. The Morgan fingerprint density at radius 1 is 1.45 bits per heavy atom. The third-order valence-corrected chi connectivity index (χ3v) is 3.03. The molecule has 0 unspecified atom stereocenters. The summed E-state index contributed by atoms with van der Waals surface area (Å²) in [4.78, 5) is 25.1. The molecule has 0 spiro atoms. The highest BCUT2D eigenvalue weighted by Gasteiger charge is 2.16. The standard InChI is InChI=1S/C14H19N5O3/c1-10(7-11-5-4-6-22-11)15-14(21)12-8-19(17-16-12)9-13(20)18(2)3/h4-6,8,10H,7,9H2,1-3H3,(H,15,21)/t10-/m0/s1. The molecular weight excluding hydrogens is 286 g/mol. The first kappa shape index (κ1) is 15.7. The van der Waals surface area contributed by atoms with Gasteiger partial charge in [0.1, 0.15) is 12.3 Å². The molecule has 0 aromatic carbocycles. The maximum absolute atomic E-state index is 12.1. The zero-order chi connectivity index (χ0) is 16.1. The number of carbonyl (C=O) groups is 2. The summed E-state index contributed by atoms with van der Waals surface area (Å²) in [6.45, 7) is 1.93. The van der Waals surface area contributed by atoms with Crippen molar-refractivity contribution in [3.05, 3.63) is 36.0 Å². The number of likely N-dealkylation sites (N-methyl/N-ethyl adjacent to an activating group) is 1. The normalized spacial score (nSPS) is 12.0. The number of furan rings is 1. The molecule has 118 valence electrons. The quantitative estimate of drug-likeness (QED) is 0.829. The molecule has 8 heteroatoms. The van der Waals surface area contributed by atoms with Crippen LogP contribution in [0.15, 0.2) is 29.0 Å². The lowest BCUT2D eigenvalue weighted by Crippen LogP contribution is -2.34. The predicted molar refractivity (Wildman–Crippen MR) is 78.1 cm³/mol. The van der Waals surface area contributed by atoms with Crippen molar-refractivity contribution in [3.8, 4) is 0 Å². The van der Waals surface area contributed by atoms with Crippen LogP contribution in [0.2, 0.25) is 0 Å². The fraction of sp³-hybridized carbons (Fsp3) is 0.429. The monoisotopic (exact) mass is 305 g/mol. The van der Waals surface area contributed by atoms with E-state index in [0.717, 1.165) is 5.76 Å². The van der Waals surface area contributed by atoms with Crippen molar-refractivity contribution in [2.24, 2.45) is 0 Å². The van der Waals surface area contributed by atoms with Gasteiger partial charge in [0.2, 0.25) is 5.91 Å². The molecule has 0 aliphatic heterocycles. The van der Waals surface area contributed by atoms with Crippen LogP contribution in [-0.4, -0.2) is 51.8 Å². The number of amides is 2. The van der Waals surface area contributed by atoms with Crippen LogP contribution in [0.4, 0.5) is 0 Å². The minimum absolute atomic E-state index is 0.0508. The van der Waals surface area contributed by atoms with E-state index in [9.17, 15) is 9.59 Å². The molecule has 22 heavy (non-hydrogen) atoms. The molecule has 0 fully saturated rings. The van der Waals surface area contributed by atoms with E-state index in [1.54, 1.807) is 26.4 Å². The minimum Gasteiger partial charge on any atom is -0.469 e. The van der Waals surface area contributed by atoms with Crippen LogP contribution in [0, 0.1) is 0 Å². The molecule has 2 aromatic heterocycles. The maximum Gasteiger partial charge on any atom is 0.273 e. The molecule has 0 bridgehead atoms. The van der Waals surface area contributed by atoms with Gasteiger partial charge in [-0.15, -0.1) is 5.10 Å². The second-order valence-electron chi connectivity index (χ2n) is 5.25. The fourth-order valence-corrected chi connectivity index (χ4v) is 1.84. The van der Waals surface area contributed by atoms with Crippen LogP contribution in [0.1, 0.15) is 23.2 Å². The average molecular weight is 305 g/mol. The molecule has 1 N–H and O–H groups in total. The zero-order valence-corrected chi connectivity index (χ0v) is 12.8. The van der Waals surface area contributed by atoms with Crippen LogP contribution < -0.4 is 5.32 Å². The number of hydrogen-bond donors (Lipinski definition) is 1. The number of aromatic nitrogens is 3. The maximum atomic E-state index is 12.1. The lowest BCUT2D eigenvalue weighted by Gasteiger charge is -2.11. The highest BCUT2D eigenvalue weighted by atomic mass is 16.3. The predicted octanol–water partition coefficient (Wildman–Crippen LogP) is 0.320. The van der Waals surface area contributed by atoms with E-state index in [-0.39, 0.29) is 30.1 Å². The minimum atomic E-state index is -0.331. The summed E-state index contributed by atoms with van der Waals surface area (Å²) in [5.41, 5.74) is 0.179. The zero-order valence-electron chi connectivity index (χ0n) is 12.8. The highest BCUT2D eigenvalue weighted by Crippen LogP contribution is 2.04. The van der Waals surface area contributed by atoms with Crippen molar-refractivity contribution < 1.29 is 14.0 Å². The van der Waals surface area contributed by atoms with Gasteiger partial charge >= 0.3 is 0 Å². The van der Waals surface area contributed by atoms with Gasteiger partial charge in [-0.05, 0) is 19.1 Å². The molecule has 2 amide bonds. The van der Waals surface area contributed by atoms with Gasteiger partial charge in [-0.1, -0.05) is 5.21 Å². The molecule has 0 aliphatic rings. The Bertz CT molecular complexity index is 633. The van der Waals surface area contributed by atoms with Gasteiger partial charge in [0.05, 0.1) is 12.5 Å². The number of carbonyl (C=O) groups excluding carboxylic acids is 2. The molecule has 2 rings (SSSR count).